The lowest BCUT2D eigenvalue weighted by Crippen LogP contribution is -2.68. The summed E-state index contributed by atoms with van der Waals surface area (Å²) < 4.78 is 85.1. The van der Waals surface area contributed by atoms with E-state index in [1.54, 1.807) is 36.4 Å². The molecule has 0 radical (unpaired) electrons. The topological polar surface area (TPSA) is 249 Å². The van der Waals surface area contributed by atoms with Gasteiger partial charge in [0.05, 0.1) is 32.0 Å². The van der Waals surface area contributed by atoms with Gasteiger partial charge in [0.25, 0.3) is 0 Å². The van der Waals surface area contributed by atoms with Crippen LogP contribution in [-0.2, 0) is 109 Å². The number of esters is 7. The van der Waals surface area contributed by atoms with Crippen LogP contribution in [0.4, 0.5) is 0 Å². The van der Waals surface area contributed by atoms with Crippen LogP contribution >= 0.6 is 23.2 Å². The van der Waals surface area contributed by atoms with Crippen LogP contribution in [0.5, 0.6) is 11.5 Å². The van der Waals surface area contributed by atoms with Crippen LogP contribution < -0.4 is 9.47 Å². The first-order valence-electron chi connectivity index (χ1n) is 28.0. The van der Waals surface area contributed by atoms with Crippen molar-refractivity contribution in [3.8, 4) is 11.5 Å². The van der Waals surface area contributed by atoms with Crippen molar-refractivity contribution in [1.82, 2.24) is 0 Å². The molecule has 0 unspecified atom stereocenters. The fraction of sp³-hybridized carbons (Fsp3) is 0.500. The monoisotopic (exact) mass is 1220 g/mol. The highest BCUT2D eigenvalue weighted by atomic mass is 35.5. The summed E-state index contributed by atoms with van der Waals surface area (Å²) in [5, 5.41) is 0.647. The largest absolute Gasteiger partial charge is 0.491 e. The molecule has 2 saturated carbocycles. The highest BCUT2D eigenvalue weighted by Crippen LogP contribution is 2.47. The minimum atomic E-state index is -2.51. The van der Waals surface area contributed by atoms with E-state index in [0.717, 1.165) is 85.3 Å². The van der Waals surface area contributed by atoms with Crippen molar-refractivity contribution >= 4 is 65.0 Å². The molecule has 2 saturated heterocycles. The summed E-state index contributed by atoms with van der Waals surface area (Å²) in [6.07, 6.45) is -9.13. The zero-order valence-electron chi connectivity index (χ0n) is 48.2. The Morgan fingerprint density at radius 2 is 0.941 bits per heavy atom. The van der Waals surface area contributed by atoms with Crippen LogP contribution in [0.15, 0.2) is 84.9 Å². The smallest absolute Gasteiger partial charge is 0.303 e. The van der Waals surface area contributed by atoms with E-state index in [1.165, 1.54) is 12.1 Å². The summed E-state index contributed by atoms with van der Waals surface area (Å²) in [6, 6.07) is 24.4. The Labute approximate surface area is 502 Å². The van der Waals surface area contributed by atoms with Crippen molar-refractivity contribution in [3.05, 3.63) is 128 Å². The first-order chi connectivity index (χ1) is 40.6. The SMILES string of the molecule is CC(=O)OC[C@H]1O[C@@](OC[C@H]2O[C@@H](c3ccc(Cl)c(Cc4ccc(OCCOC5CC5)cc4)c3)[C@H](OC(C)=O)[C@@H](OC(C)=O)[C@@H]2OC(C)=O)(c2ccc(Cl)c(Cc3ccc(OCCOC4CC4)cc3)c2)[C@H](OC(C)=O)[C@@H](OC(C)=O)[C@@H]1OC(C)=O. The standard InChI is InChI=1S/C62H70Cl2O21/c1-34(65)76-32-54-57(79-36(3)67)60(82-39(6)70)61(83-40(7)71)62(85-54,46-13-23-52(64)45(31-46)29-42-10-16-48(17-11-42)73-25-27-75-50-20-21-50)77-33-53-56(78-35(2)66)59(81-38(5)69)58(80-37(4)68)55(84-53)43-12-22-51(63)44(30-43)28-41-8-14-47(15-9-41)72-24-26-74-49-18-19-49/h8-17,22-23,30-31,49-50,53-61H,18-21,24-29,32-33H2,1-7H3/t53-,54-,55+,56-,57-,58+,59+,60+,61-,62+/m1/s1. The highest BCUT2D eigenvalue weighted by molar-refractivity contribution is 6.31. The van der Waals surface area contributed by atoms with E-state index in [2.05, 4.69) is 0 Å². The molecule has 0 bridgehead atoms. The predicted molar refractivity (Wildman–Crippen MR) is 300 cm³/mol. The van der Waals surface area contributed by atoms with E-state index >= 15 is 0 Å². The van der Waals surface area contributed by atoms with Crippen molar-refractivity contribution in [3.63, 3.8) is 0 Å². The molecule has 4 fully saturated rings. The van der Waals surface area contributed by atoms with Gasteiger partial charge in [-0.15, -0.1) is 0 Å². The molecule has 4 aromatic rings. The van der Waals surface area contributed by atoms with Crippen LogP contribution in [-0.4, -0.2) is 142 Å². The van der Waals surface area contributed by atoms with E-state index in [9.17, 15) is 33.6 Å². The minimum absolute atomic E-state index is 0.0651. The van der Waals surface area contributed by atoms with Gasteiger partial charge in [-0.1, -0.05) is 65.7 Å². The lowest BCUT2D eigenvalue weighted by molar-refractivity contribution is -0.382. The summed E-state index contributed by atoms with van der Waals surface area (Å²) in [6.45, 7) is 8.01. The third-order valence-electron chi connectivity index (χ3n) is 14.0. The van der Waals surface area contributed by atoms with Gasteiger partial charge in [-0.2, -0.15) is 0 Å². The summed E-state index contributed by atoms with van der Waals surface area (Å²) in [5.41, 5.74) is 3.16. The summed E-state index contributed by atoms with van der Waals surface area (Å²) in [5.74, 6) is -7.32. The number of ether oxygens (including phenoxy) is 14. The number of rotatable bonds is 27. The Balaban J connectivity index is 1.21. The molecule has 2 aliphatic carbocycles. The second-order valence-corrected chi connectivity index (χ2v) is 21.9. The van der Waals surface area contributed by atoms with Crippen LogP contribution in [0.1, 0.15) is 114 Å². The number of hydrogen-bond donors (Lipinski definition) is 0. The molecule has 4 aliphatic rings. The minimum Gasteiger partial charge on any atom is -0.491 e. The van der Waals surface area contributed by atoms with Gasteiger partial charge in [-0.05, 0) is 109 Å². The second kappa shape index (κ2) is 29.5. The summed E-state index contributed by atoms with van der Waals surface area (Å²) in [4.78, 5) is 91.7. The van der Waals surface area contributed by atoms with E-state index in [1.807, 2.05) is 36.4 Å². The normalized spacial score (nSPS) is 24.5. The Kier molecular flexibility index (Phi) is 22.3. The number of carbonyl (C=O) groups is 7. The predicted octanol–water partition coefficient (Wildman–Crippen LogP) is 8.15. The molecule has 458 valence electrons. The molecule has 2 heterocycles. The molecular formula is C62H70Cl2O21. The van der Waals surface area contributed by atoms with Crippen molar-refractivity contribution in [2.75, 3.05) is 39.6 Å². The quantitative estimate of drug-likeness (QED) is 0.0310. The maximum atomic E-state index is 13.5. The molecule has 0 amide bonds. The van der Waals surface area contributed by atoms with Gasteiger partial charge >= 0.3 is 41.8 Å². The number of carbonyl (C=O) groups excluding carboxylic acids is 7. The van der Waals surface area contributed by atoms with Crippen LogP contribution in [0.3, 0.4) is 0 Å². The average Bonchev–Trinajstić information content (AvgIpc) is 1.84. The Hall–Kier alpha value is -6.85. The first kappa shape index (κ1) is 64.2. The Bertz CT molecular complexity index is 3000. The molecule has 21 nitrogen and oxygen atoms in total. The van der Waals surface area contributed by atoms with Gasteiger partial charge in [0.15, 0.2) is 30.5 Å². The summed E-state index contributed by atoms with van der Waals surface area (Å²) in [7, 11) is 0. The third-order valence-corrected chi connectivity index (χ3v) is 14.7. The fourth-order valence-corrected chi connectivity index (χ4v) is 10.5. The zero-order chi connectivity index (χ0) is 61.0. The molecule has 0 N–H and O–H groups in total. The highest BCUT2D eigenvalue weighted by Gasteiger charge is 2.63. The molecule has 8 rings (SSSR count). The Morgan fingerprint density at radius 1 is 0.482 bits per heavy atom. The van der Waals surface area contributed by atoms with Crippen LogP contribution in [0.2, 0.25) is 10.0 Å². The molecule has 85 heavy (non-hydrogen) atoms. The lowest BCUT2D eigenvalue weighted by atomic mass is 9.85. The van der Waals surface area contributed by atoms with E-state index in [4.69, 9.17) is 89.5 Å². The van der Waals surface area contributed by atoms with E-state index in [-0.39, 0.29) is 23.1 Å². The molecule has 2 aliphatic heterocycles. The summed E-state index contributed by atoms with van der Waals surface area (Å²) >= 11 is 13.9. The lowest BCUT2D eigenvalue weighted by Gasteiger charge is -2.52. The number of benzene rings is 4. The van der Waals surface area contributed by atoms with Crippen LogP contribution in [0, 0.1) is 0 Å². The Morgan fingerprint density at radius 3 is 1.44 bits per heavy atom. The maximum Gasteiger partial charge on any atom is 0.303 e. The van der Waals surface area contributed by atoms with Gasteiger partial charge in [0.2, 0.25) is 11.9 Å². The van der Waals surface area contributed by atoms with Gasteiger partial charge in [-0.25, -0.2) is 0 Å². The number of halogens is 2. The van der Waals surface area contributed by atoms with Crippen molar-refractivity contribution in [1.29, 1.82) is 0 Å². The molecule has 0 aromatic heterocycles. The molecule has 4 aromatic carbocycles. The van der Waals surface area contributed by atoms with Crippen molar-refractivity contribution in [2.24, 2.45) is 0 Å². The zero-order valence-corrected chi connectivity index (χ0v) is 49.8. The molecule has 23 heteroatoms. The van der Waals surface area contributed by atoms with Crippen LogP contribution in [0.25, 0.3) is 0 Å². The second-order valence-electron chi connectivity index (χ2n) is 21.1. The van der Waals surface area contributed by atoms with Gasteiger partial charge in [0.1, 0.15) is 49.6 Å². The van der Waals surface area contributed by atoms with Crippen molar-refractivity contribution in [2.45, 2.75) is 160 Å². The average molecular weight is 1220 g/mol. The first-order valence-corrected chi connectivity index (χ1v) is 28.8. The fourth-order valence-electron chi connectivity index (χ4n) is 10.1. The van der Waals surface area contributed by atoms with E-state index < -0.39 is 116 Å². The molecule has 10 atom stereocenters. The maximum absolute atomic E-state index is 13.5. The van der Waals surface area contributed by atoms with Crippen molar-refractivity contribution < 1.29 is 99.9 Å². The number of hydrogen-bond acceptors (Lipinski definition) is 21. The van der Waals surface area contributed by atoms with Gasteiger partial charge < -0.3 is 66.3 Å². The molecular weight excluding hydrogens is 1150 g/mol. The van der Waals surface area contributed by atoms with Gasteiger partial charge in [0, 0.05) is 64.1 Å². The molecule has 0 spiro atoms. The third kappa shape index (κ3) is 18.1. The van der Waals surface area contributed by atoms with E-state index in [0.29, 0.717) is 72.2 Å². The van der Waals surface area contributed by atoms with Gasteiger partial charge in [-0.3, -0.25) is 33.6 Å².